The summed E-state index contributed by atoms with van der Waals surface area (Å²) < 4.78 is 6.58. The molecule has 0 aliphatic carbocycles. The van der Waals surface area contributed by atoms with E-state index in [1.165, 1.54) is 10.7 Å². The van der Waals surface area contributed by atoms with Gasteiger partial charge in [-0.1, -0.05) is 0 Å². The molecule has 8 nitrogen and oxygen atoms in total. The average Bonchev–Trinajstić information content (AvgIpc) is 2.99. The Morgan fingerprint density at radius 3 is 2.41 bits per heavy atom. The molecule has 138 valence electrons. The molecule has 0 atom stereocenters. The fraction of sp³-hybridized carbons (Fsp3) is 0.158. The lowest BCUT2D eigenvalue weighted by Gasteiger charge is -2.09. The number of benzene rings is 2. The third-order valence-electron chi connectivity index (χ3n) is 4.02. The smallest absolute Gasteiger partial charge is 0.296 e. The molecule has 0 radical (unpaired) electrons. The molecular formula is C19H18N4O4. The van der Waals surface area contributed by atoms with E-state index >= 15 is 0 Å². The topological polar surface area (TPSA) is 99.3 Å². The number of hydrogen-bond donors (Lipinski definition) is 1. The second kappa shape index (κ2) is 7.28. The van der Waals surface area contributed by atoms with E-state index in [0.29, 0.717) is 22.7 Å². The third kappa shape index (κ3) is 3.79. The van der Waals surface area contributed by atoms with Crippen molar-refractivity contribution >= 4 is 17.3 Å². The second-order valence-electron chi connectivity index (χ2n) is 5.98. The first-order valence-corrected chi connectivity index (χ1v) is 8.16. The van der Waals surface area contributed by atoms with Crippen molar-refractivity contribution in [1.82, 2.24) is 9.78 Å². The van der Waals surface area contributed by atoms with Crippen molar-refractivity contribution in [1.29, 1.82) is 0 Å². The third-order valence-corrected chi connectivity index (χ3v) is 4.02. The molecule has 1 aromatic heterocycles. The summed E-state index contributed by atoms with van der Waals surface area (Å²) in [6.07, 6.45) is 0. The minimum Gasteiger partial charge on any atom is -0.497 e. The van der Waals surface area contributed by atoms with Crippen LogP contribution < -0.4 is 10.1 Å². The van der Waals surface area contributed by atoms with Gasteiger partial charge in [0.1, 0.15) is 11.4 Å². The molecule has 0 aliphatic rings. The number of nitrogens with zero attached hydrogens (tertiary/aromatic N) is 3. The van der Waals surface area contributed by atoms with Crippen LogP contribution >= 0.6 is 0 Å². The Kier molecular flexibility index (Phi) is 4.89. The van der Waals surface area contributed by atoms with Gasteiger partial charge in [0.15, 0.2) is 0 Å². The van der Waals surface area contributed by atoms with Crippen molar-refractivity contribution in [2.45, 2.75) is 13.8 Å². The Morgan fingerprint density at radius 1 is 1.15 bits per heavy atom. The van der Waals surface area contributed by atoms with Gasteiger partial charge in [0, 0.05) is 23.0 Å². The predicted molar refractivity (Wildman–Crippen MR) is 101 cm³/mol. The Hall–Kier alpha value is -3.68. The van der Waals surface area contributed by atoms with Gasteiger partial charge in [-0.3, -0.25) is 14.9 Å². The number of nitro benzene ring substituents is 1. The molecule has 3 aromatic rings. The van der Waals surface area contributed by atoms with Crippen LogP contribution in [0.15, 0.2) is 48.5 Å². The summed E-state index contributed by atoms with van der Waals surface area (Å²) in [6, 6.07) is 12.9. The quantitative estimate of drug-likeness (QED) is 0.549. The van der Waals surface area contributed by atoms with E-state index in [0.717, 1.165) is 11.4 Å². The number of aromatic nitrogens is 2. The monoisotopic (exact) mass is 366 g/mol. The molecule has 27 heavy (non-hydrogen) atoms. The minimum absolute atomic E-state index is 0.145. The van der Waals surface area contributed by atoms with Crippen molar-refractivity contribution in [2.24, 2.45) is 0 Å². The summed E-state index contributed by atoms with van der Waals surface area (Å²) in [5.74, 6) is 0.266. The normalized spacial score (nSPS) is 10.5. The van der Waals surface area contributed by atoms with Gasteiger partial charge in [0.2, 0.25) is 0 Å². The van der Waals surface area contributed by atoms with Gasteiger partial charge in [-0.2, -0.15) is 5.10 Å². The van der Waals surface area contributed by atoms with Gasteiger partial charge < -0.3 is 10.1 Å². The maximum absolute atomic E-state index is 12.4. The number of nitrogens with one attached hydrogen (secondary N) is 1. The largest absolute Gasteiger partial charge is 0.497 e. The number of aryl methyl sites for hydroxylation is 2. The van der Waals surface area contributed by atoms with Crippen LogP contribution in [0.2, 0.25) is 0 Å². The summed E-state index contributed by atoms with van der Waals surface area (Å²) >= 11 is 0. The van der Waals surface area contributed by atoms with Crippen LogP contribution in [0, 0.1) is 24.0 Å². The molecule has 1 N–H and O–H groups in total. The first-order chi connectivity index (χ1) is 12.9. The maximum atomic E-state index is 12.4. The molecule has 0 spiro atoms. The molecule has 2 aromatic carbocycles. The highest BCUT2D eigenvalue weighted by atomic mass is 16.6. The lowest BCUT2D eigenvalue weighted by atomic mass is 10.2. The zero-order valence-corrected chi connectivity index (χ0v) is 15.1. The molecule has 3 rings (SSSR count). The fourth-order valence-corrected chi connectivity index (χ4v) is 2.74. The molecule has 0 bridgehead atoms. The van der Waals surface area contributed by atoms with Crippen LogP contribution in [0.5, 0.6) is 5.75 Å². The Labute approximate surface area is 155 Å². The molecule has 0 unspecified atom stereocenters. The number of carbonyl (C=O) groups excluding carboxylic acids is 1. The standard InChI is InChI=1S/C19H18N4O4/c1-12-10-13(2)22(21-12)17-9-6-15(11-18(17)23(25)26)20-19(24)14-4-7-16(27-3)8-5-14/h4-11H,1-3H3,(H,20,24). The van der Waals surface area contributed by atoms with E-state index in [4.69, 9.17) is 4.74 Å². The first-order valence-electron chi connectivity index (χ1n) is 8.16. The van der Waals surface area contributed by atoms with Crippen LogP contribution in [0.25, 0.3) is 5.69 Å². The Bertz CT molecular complexity index is 1010. The van der Waals surface area contributed by atoms with Crippen LogP contribution in [-0.2, 0) is 0 Å². The van der Waals surface area contributed by atoms with Crippen LogP contribution in [-0.4, -0.2) is 27.7 Å². The van der Waals surface area contributed by atoms with Crippen molar-refractivity contribution in [3.63, 3.8) is 0 Å². The SMILES string of the molecule is COc1ccc(C(=O)Nc2ccc(-n3nc(C)cc3C)c([N+](=O)[O-])c2)cc1. The molecule has 1 heterocycles. The summed E-state index contributed by atoms with van der Waals surface area (Å²) in [5.41, 5.74) is 2.49. The maximum Gasteiger partial charge on any atom is 0.296 e. The summed E-state index contributed by atoms with van der Waals surface area (Å²) in [5, 5.41) is 18.5. The molecule has 8 heteroatoms. The molecular weight excluding hydrogens is 348 g/mol. The number of hydrogen-bond acceptors (Lipinski definition) is 5. The second-order valence-corrected chi connectivity index (χ2v) is 5.98. The van der Waals surface area contributed by atoms with Gasteiger partial charge in [0.05, 0.1) is 17.7 Å². The van der Waals surface area contributed by atoms with Crippen molar-refractivity contribution in [2.75, 3.05) is 12.4 Å². The van der Waals surface area contributed by atoms with Crippen molar-refractivity contribution in [3.05, 3.63) is 75.6 Å². The predicted octanol–water partition coefficient (Wildman–Crippen LogP) is 3.66. The van der Waals surface area contributed by atoms with Gasteiger partial charge in [-0.05, 0) is 56.3 Å². The number of amides is 1. The van der Waals surface area contributed by atoms with Crippen LogP contribution in [0.1, 0.15) is 21.7 Å². The number of anilines is 1. The lowest BCUT2D eigenvalue weighted by Crippen LogP contribution is -2.12. The number of methoxy groups -OCH3 is 1. The number of carbonyl (C=O) groups is 1. The Morgan fingerprint density at radius 2 is 1.85 bits per heavy atom. The molecule has 0 saturated heterocycles. The number of rotatable bonds is 5. The van der Waals surface area contributed by atoms with E-state index in [1.54, 1.807) is 43.5 Å². The zero-order valence-electron chi connectivity index (χ0n) is 15.1. The van der Waals surface area contributed by atoms with Crippen LogP contribution in [0.4, 0.5) is 11.4 Å². The highest BCUT2D eigenvalue weighted by Crippen LogP contribution is 2.28. The van der Waals surface area contributed by atoms with Gasteiger partial charge in [-0.15, -0.1) is 0 Å². The minimum atomic E-state index is -0.491. The summed E-state index contributed by atoms with van der Waals surface area (Å²) in [6.45, 7) is 3.64. The van der Waals surface area contributed by atoms with E-state index in [9.17, 15) is 14.9 Å². The van der Waals surface area contributed by atoms with Gasteiger partial charge in [0.25, 0.3) is 11.6 Å². The molecule has 0 aliphatic heterocycles. The fourth-order valence-electron chi connectivity index (χ4n) is 2.74. The number of nitro groups is 1. The highest BCUT2D eigenvalue weighted by Gasteiger charge is 2.19. The lowest BCUT2D eigenvalue weighted by molar-refractivity contribution is -0.384. The van der Waals surface area contributed by atoms with E-state index < -0.39 is 4.92 Å². The van der Waals surface area contributed by atoms with Crippen molar-refractivity contribution < 1.29 is 14.5 Å². The first kappa shape index (κ1) is 18.1. The Balaban J connectivity index is 1.90. The summed E-state index contributed by atoms with van der Waals surface area (Å²) in [4.78, 5) is 23.4. The van der Waals surface area contributed by atoms with Crippen LogP contribution in [0.3, 0.4) is 0 Å². The molecule has 0 fully saturated rings. The molecule has 1 amide bonds. The average molecular weight is 366 g/mol. The number of ether oxygens (including phenoxy) is 1. The van der Waals surface area contributed by atoms with Crippen molar-refractivity contribution in [3.8, 4) is 11.4 Å². The molecule has 0 saturated carbocycles. The van der Waals surface area contributed by atoms with Gasteiger partial charge >= 0.3 is 0 Å². The van der Waals surface area contributed by atoms with E-state index in [2.05, 4.69) is 10.4 Å². The van der Waals surface area contributed by atoms with E-state index in [-0.39, 0.29) is 11.6 Å². The van der Waals surface area contributed by atoms with E-state index in [1.807, 2.05) is 19.9 Å². The van der Waals surface area contributed by atoms with Gasteiger partial charge in [-0.25, -0.2) is 4.68 Å². The highest BCUT2D eigenvalue weighted by molar-refractivity contribution is 6.04. The zero-order chi connectivity index (χ0) is 19.6. The summed E-state index contributed by atoms with van der Waals surface area (Å²) in [7, 11) is 1.54.